The monoisotopic (exact) mass is 514 g/mol. The number of hydrogen-bond acceptors (Lipinski definition) is 0. The fourth-order valence-electron chi connectivity index (χ4n) is 7.80. The summed E-state index contributed by atoms with van der Waals surface area (Å²) in [5.41, 5.74) is 17.6. The molecule has 0 saturated carbocycles. The van der Waals surface area contributed by atoms with Gasteiger partial charge in [0.25, 0.3) is 0 Å². The molecule has 0 heterocycles. The van der Waals surface area contributed by atoms with Crippen LogP contribution >= 0.6 is 0 Å². The van der Waals surface area contributed by atoms with Gasteiger partial charge in [0.2, 0.25) is 0 Å². The average molecular weight is 515 g/mol. The molecule has 0 fully saturated rings. The summed E-state index contributed by atoms with van der Waals surface area (Å²) >= 11 is 0. The van der Waals surface area contributed by atoms with E-state index < -0.39 is 0 Å². The Kier molecular flexibility index (Phi) is 8.88. The fraction of sp³-hybridized carbons (Fsp3) is 0.632. The van der Waals surface area contributed by atoms with Crippen LogP contribution in [0.1, 0.15) is 123 Å². The molecular weight excluding hydrogens is 456 g/mol. The van der Waals surface area contributed by atoms with Crippen LogP contribution in [-0.4, -0.2) is 0 Å². The van der Waals surface area contributed by atoms with Gasteiger partial charge < -0.3 is 0 Å². The SMILES string of the molecule is CCC1=CC(C(C)C=C(C)C(C)=CC(C)C2=C(C)C(C)=C(C(C)C3=C(C)C(C)=C(C)C3)C2)C(C)(C)C1(C)C. The largest absolute Gasteiger partial charge is 0.0805 e. The van der Waals surface area contributed by atoms with Gasteiger partial charge in [-0.2, -0.15) is 0 Å². The second-order valence-corrected chi connectivity index (χ2v) is 14.2. The van der Waals surface area contributed by atoms with Gasteiger partial charge in [-0.25, -0.2) is 0 Å². The Morgan fingerprint density at radius 1 is 0.789 bits per heavy atom. The van der Waals surface area contributed by atoms with Gasteiger partial charge in [-0.1, -0.05) is 113 Å². The molecule has 0 aliphatic heterocycles. The summed E-state index contributed by atoms with van der Waals surface area (Å²) in [6.07, 6.45) is 11.1. The Bertz CT molecular complexity index is 1190. The van der Waals surface area contributed by atoms with E-state index in [1.54, 1.807) is 33.4 Å². The lowest BCUT2D eigenvalue weighted by Crippen LogP contribution is -2.36. The normalized spacial score (nSPS) is 26.6. The fourth-order valence-corrected chi connectivity index (χ4v) is 7.80. The van der Waals surface area contributed by atoms with E-state index in [1.807, 2.05) is 0 Å². The van der Waals surface area contributed by atoms with E-state index in [1.165, 1.54) is 27.9 Å². The lowest BCUT2D eigenvalue weighted by molar-refractivity contribution is 0.101. The van der Waals surface area contributed by atoms with E-state index in [-0.39, 0.29) is 10.8 Å². The molecule has 0 aromatic carbocycles. The van der Waals surface area contributed by atoms with Gasteiger partial charge in [0.1, 0.15) is 0 Å². The third-order valence-corrected chi connectivity index (χ3v) is 11.9. The summed E-state index contributed by atoms with van der Waals surface area (Å²) in [4.78, 5) is 0. The van der Waals surface area contributed by atoms with Crippen molar-refractivity contribution in [2.45, 2.75) is 123 Å². The van der Waals surface area contributed by atoms with Gasteiger partial charge in [0, 0.05) is 0 Å². The Balaban J connectivity index is 1.77. The third kappa shape index (κ3) is 5.19. The van der Waals surface area contributed by atoms with Crippen molar-refractivity contribution in [2.24, 2.45) is 34.5 Å². The Morgan fingerprint density at radius 3 is 1.79 bits per heavy atom. The van der Waals surface area contributed by atoms with Crippen molar-refractivity contribution in [3.05, 3.63) is 79.5 Å². The van der Waals surface area contributed by atoms with Crippen LogP contribution in [0.15, 0.2) is 79.5 Å². The summed E-state index contributed by atoms with van der Waals surface area (Å²) in [7, 11) is 0. The van der Waals surface area contributed by atoms with E-state index >= 15 is 0 Å². The highest BCUT2D eigenvalue weighted by Gasteiger charge is 2.50. The molecule has 3 aliphatic carbocycles. The summed E-state index contributed by atoms with van der Waals surface area (Å²) in [6, 6.07) is 0. The first-order valence-corrected chi connectivity index (χ1v) is 15.3. The molecule has 4 atom stereocenters. The molecule has 0 saturated heterocycles. The Hall–Kier alpha value is -1.82. The molecule has 0 nitrogen and oxygen atoms in total. The first-order chi connectivity index (χ1) is 17.5. The van der Waals surface area contributed by atoms with Crippen molar-refractivity contribution in [3.8, 4) is 0 Å². The smallest absolute Gasteiger partial charge is 0.000336 e. The second kappa shape index (κ2) is 11.0. The van der Waals surface area contributed by atoms with Gasteiger partial charge in [0.05, 0.1) is 0 Å². The molecule has 0 bridgehead atoms. The molecule has 0 aromatic rings. The van der Waals surface area contributed by atoms with Crippen molar-refractivity contribution in [2.75, 3.05) is 0 Å². The number of hydrogen-bond donors (Lipinski definition) is 0. The maximum Gasteiger partial charge on any atom is -0.000336 e. The molecule has 0 amide bonds. The van der Waals surface area contributed by atoms with Crippen molar-refractivity contribution < 1.29 is 0 Å². The van der Waals surface area contributed by atoms with E-state index in [2.05, 4.69) is 122 Å². The van der Waals surface area contributed by atoms with Crippen LogP contribution in [-0.2, 0) is 0 Å². The average Bonchev–Trinajstić information content (AvgIpc) is 3.35. The molecule has 3 aliphatic rings. The first kappa shape index (κ1) is 30.7. The van der Waals surface area contributed by atoms with Crippen molar-refractivity contribution in [3.63, 3.8) is 0 Å². The van der Waals surface area contributed by atoms with E-state index in [9.17, 15) is 0 Å². The van der Waals surface area contributed by atoms with E-state index in [0.717, 1.165) is 19.3 Å². The minimum Gasteiger partial charge on any atom is -0.0805 e. The van der Waals surface area contributed by atoms with Crippen molar-refractivity contribution in [1.29, 1.82) is 0 Å². The molecule has 3 rings (SSSR count). The van der Waals surface area contributed by atoms with E-state index in [0.29, 0.717) is 23.7 Å². The van der Waals surface area contributed by atoms with Crippen LogP contribution in [0.4, 0.5) is 0 Å². The zero-order valence-corrected chi connectivity index (χ0v) is 27.7. The van der Waals surface area contributed by atoms with Crippen LogP contribution in [0.5, 0.6) is 0 Å². The van der Waals surface area contributed by atoms with Gasteiger partial charge in [-0.15, -0.1) is 0 Å². The Morgan fingerprint density at radius 2 is 1.29 bits per heavy atom. The predicted molar refractivity (Wildman–Crippen MR) is 170 cm³/mol. The highest BCUT2D eigenvalue weighted by Crippen LogP contribution is 2.58. The molecule has 0 heteroatoms. The van der Waals surface area contributed by atoms with Gasteiger partial charge in [0.15, 0.2) is 0 Å². The maximum atomic E-state index is 2.61. The predicted octanol–water partition coefficient (Wildman–Crippen LogP) is 11.9. The molecular formula is C38H58. The van der Waals surface area contributed by atoms with Crippen molar-refractivity contribution >= 4 is 0 Å². The van der Waals surface area contributed by atoms with Crippen LogP contribution in [0.2, 0.25) is 0 Å². The number of allylic oxidation sites excluding steroid dienone is 14. The first-order valence-electron chi connectivity index (χ1n) is 15.3. The second-order valence-electron chi connectivity index (χ2n) is 14.2. The zero-order valence-electron chi connectivity index (χ0n) is 27.7. The van der Waals surface area contributed by atoms with Crippen LogP contribution < -0.4 is 0 Å². The maximum absolute atomic E-state index is 2.61. The molecule has 0 aromatic heterocycles. The van der Waals surface area contributed by atoms with E-state index in [4.69, 9.17) is 0 Å². The Labute approximate surface area is 236 Å². The van der Waals surface area contributed by atoms with Crippen LogP contribution in [0.25, 0.3) is 0 Å². The summed E-state index contributed by atoms with van der Waals surface area (Å²) < 4.78 is 0. The minimum atomic E-state index is 0.258. The highest BCUT2D eigenvalue weighted by atomic mass is 14.5. The molecule has 0 radical (unpaired) electrons. The van der Waals surface area contributed by atoms with Gasteiger partial charge in [-0.3, -0.25) is 0 Å². The number of rotatable bonds is 8. The van der Waals surface area contributed by atoms with Crippen LogP contribution in [0, 0.1) is 34.5 Å². The lowest BCUT2D eigenvalue weighted by Gasteiger charge is -2.43. The standard InChI is InChI=1S/C38H58/c1-16-32-20-36(38(14,15)37(32,12)13)26(6)18-23(3)22(2)17-25(5)33-21-35(30(10)29(33)9)31(11)34-19-24(4)27(7)28(34)8/h17-18,20,25-26,31,36H,16,19,21H2,1-15H3. The minimum absolute atomic E-state index is 0.258. The quantitative estimate of drug-likeness (QED) is 0.223. The van der Waals surface area contributed by atoms with Crippen LogP contribution in [0.3, 0.4) is 0 Å². The molecule has 4 unspecified atom stereocenters. The molecule has 0 spiro atoms. The third-order valence-electron chi connectivity index (χ3n) is 11.9. The highest BCUT2D eigenvalue weighted by molar-refractivity contribution is 5.53. The topological polar surface area (TPSA) is 0 Å². The summed E-state index contributed by atoms with van der Waals surface area (Å²) in [5, 5.41) is 0. The summed E-state index contributed by atoms with van der Waals surface area (Å²) in [6.45, 7) is 35.8. The zero-order chi connectivity index (χ0) is 28.9. The van der Waals surface area contributed by atoms with Crippen molar-refractivity contribution in [1.82, 2.24) is 0 Å². The molecule has 0 N–H and O–H groups in total. The van der Waals surface area contributed by atoms with Gasteiger partial charge >= 0.3 is 0 Å². The molecule has 38 heavy (non-hydrogen) atoms. The molecule has 210 valence electrons. The summed E-state index contributed by atoms with van der Waals surface area (Å²) in [5.74, 6) is 2.11. The lowest BCUT2D eigenvalue weighted by atomic mass is 9.61. The van der Waals surface area contributed by atoms with Gasteiger partial charge in [-0.05, 0) is 125 Å².